The summed E-state index contributed by atoms with van der Waals surface area (Å²) in [7, 11) is 1.63. The summed E-state index contributed by atoms with van der Waals surface area (Å²) in [5.41, 5.74) is 2.01. The highest BCUT2D eigenvalue weighted by Crippen LogP contribution is 2.29. The fourth-order valence-corrected chi connectivity index (χ4v) is 2.15. The van der Waals surface area contributed by atoms with Gasteiger partial charge < -0.3 is 10.1 Å². The Labute approximate surface area is 118 Å². The minimum Gasteiger partial charge on any atom is -0.495 e. The maximum atomic E-state index is 13.1. The van der Waals surface area contributed by atoms with Gasteiger partial charge in [-0.2, -0.15) is 0 Å². The molecule has 2 rings (SSSR count). The van der Waals surface area contributed by atoms with E-state index >= 15 is 0 Å². The lowest BCUT2D eigenvalue weighted by Gasteiger charge is -2.21. The summed E-state index contributed by atoms with van der Waals surface area (Å²) in [6.45, 7) is 2.98. The summed E-state index contributed by atoms with van der Waals surface area (Å²) in [6, 6.07) is 8.43. The Morgan fingerprint density at radius 1 is 1.25 bits per heavy atom. The maximum Gasteiger partial charge on any atom is 0.142 e. The van der Waals surface area contributed by atoms with Gasteiger partial charge in [0.25, 0.3) is 0 Å². The van der Waals surface area contributed by atoms with E-state index in [4.69, 9.17) is 4.74 Å². The molecule has 0 spiro atoms. The van der Waals surface area contributed by atoms with E-state index in [1.165, 1.54) is 12.1 Å². The molecule has 0 bridgehead atoms. The van der Waals surface area contributed by atoms with Crippen LogP contribution in [0.2, 0.25) is 0 Å². The number of nitrogens with one attached hydrogen (secondary N) is 1. The van der Waals surface area contributed by atoms with Crippen LogP contribution in [0.1, 0.15) is 30.5 Å². The van der Waals surface area contributed by atoms with Crippen molar-refractivity contribution in [2.45, 2.75) is 19.4 Å². The molecule has 20 heavy (non-hydrogen) atoms. The van der Waals surface area contributed by atoms with Crippen LogP contribution in [0, 0.1) is 5.82 Å². The zero-order valence-corrected chi connectivity index (χ0v) is 11.8. The normalized spacial score (nSPS) is 12.2. The van der Waals surface area contributed by atoms with Crippen LogP contribution < -0.4 is 10.1 Å². The van der Waals surface area contributed by atoms with Gasteiger partial charge in [-0.05, 0) is 36.7 Å². The zero-order chi connectivity index (χ0) is 14.4. The number of benzene rings is 1. The molecule has 1 unspecified atom stereocenters. The molecule has 1 aromatic heterocycles. The molecule has 1 N–H and O–H groups in total. The summed E-state index contributed by atoms with van der Waals surface area (Å²) < 4.78 is 18.5. The third-order valence-electron chi connectivity index (χ3n) is 3.15. The fraction of sp³-hybridized carbons (Fsp3) is 0.312. The fourth-order valence-electron chi connectivity index (χ4n) is 2.15. The second-order valence-corrected chi connectivity index (χ2v) is 4.56. The molecule has 2 aromatic rings. The monoisotopic (exact) mass is 274 g/mol. The minimum atomic E-state index is -0.232. The second-order valence-electron chi connectivity index (χ2n) is 4.56. The van der Waals surface area contributed by atoms with Gasteiger partial charge in [0.2, 0.25) is 0 Å². The minimum absolute atomic E-state index is 0.0338. The number of ether oxygens (including phenoxy) is 1. The van der Waals surface area contributed by atoms with Crippen molar-refractivity contribution in [2.75, 3.05) is 13.7 Å². The third kappa shape index (κ3) is 3.33. The van der Waals surface area contributed by atoms with Crippen molar-refractivity contribution < 1.29 is 9.13 Å². The van der Waals surface area contributed by atoms with Gasteiger partial charge in [-0.25, -0.2) is 4.39 Å². The Balaban J connectivity index is 2.38. The Morgan fingerprint density at radius 2 is 2.00 bits per heavy atom. The van der Waals surface area contributed by atoms with Crippen molar-refractivity contribution in [3.63, 3.8) is 0 Å². The molecule has 0 aliphatic rings. The number of pyridine rings is 1. The molecular formula is C16H19FN2O. The van der Waals surface area contributed by atoms with E-state index in [0.29, 0.717) is 0 Å². The van der Waals surface area contributed by atoms with Crippen molar-refractivity contribution in [1.82, 2.24) is 10.3 Å². The van der Waals surface area contributed by atoms with Crippen LogP contribution in [-0.2, 0) is 0 Å². The highest BCUT2D eigenvalue weighted by atomic mass is 19.1. The number of nitrogens with zero attached hydrogens (tertiary/aromatic N) is 1. The summed E-state index contributed by atoms with van der Waals surface area (Å²) in [5, 5.41) is 3.47. The number of hydrogen-bond donors (Lipinski definition) is 1. The third-order valence-corrected chi connectivity index (χ3v) is 3.15. The first-order valence-corrected chi connectivity index (χ1v) is 6.73. The number of methoxy groups -OCH3 is 1. The van der Waals surface area contributed by atoms with Crippen LogP contribution in [-0.4, -0.2) is 18.6 Å². The zero-order valence-electron chi connectivity index (χ0n) is 11.8. The molecular weight excluding hydrogens is 255 g/mol. The van der Waals surface area contributed by atoms with E-state index in [-0.39, 0.29) is 11.9 Å². The standard InChI is InChI=1S/C16H19FN2O/c1-3-9-19-16(12-4-6-13(17)7-5-12)14-8-10-18-11-15(14)20-2/h4-8,10-11,16,19H,3,9H2,1-2H3. The van der Waals surface area contributed by atoms with Crippen LogP contribution in [0.4, 0.5) is 4.39 Å². The average molecular weight is 274 g/mol. The van der Waals surface area contributed by atoms with Gasteiger partial charge in [-0.15, -0.1) is 0 Å². The second kappa shape index (κ2) is 7.01. The van der Waals surface area contributed by atoms with E-state index in [9.17, 15) is 4.39 Å². The van der Waals surface area contributed by atoms with E-state index in [2.05, 4.69) is 17.2 Å². The first kappa shape index (κ1) is 14.5. The van der Waals surface area contributed by atoms with Gasteiger partial charge in [-0.1, -0.05) is 19.1 Å². The SMILES string of the molecule is CCCNC(c1ccc(F)cc1)c1ccncc1OC. The molecule has 3 nitrogen and oxygen atoms in total. The van der Waals surface area contributed by atoms with E-state index in [0.717, 1.165) is 29.8 Å². The lowest BCUT2D eigenvalue weighted by molar-refractivity contribution is 0.401. The molecule has 1 atom stereocenters. The van der Waals surface area contributed by atoms with E-state index < -0.39 is 0 Å². The first-order valence-electron chi connectivity index (χ1n) is 6.73. The molecule has 0 radical (unpaired) electrons. The molecule has 0 aliphatic heterocycles. The van der Waals surface area contributed by atoms with E-state index in [1.807, 2.05) is 6.07 Å². The quantitative estimate of drug-likeness (QED) is 0.877. The number of hydrogen-bond acceptors (Lipinski definition) is 3. The van der Waals surface area contributed by atoms with Crippen molar-refractivity contribution in [2.24, 2.45) is 0 Å². The average Bonchev–Trinajstić information content (AvgIpc) is 2.50. The lowest BCUT2D eigenvalue weighted by Crippen LogP contribution is -2.23. The summed E-state index contributed by atoms with van der Waals surface area (Å²) in [5.74, 6) is 0.495. The van der Waals surface area contributed by atoms with Crippen molar-refractivity contribution in [3.8, 4) is 5.75 Å². The smallest absolute Gasteiger partial charge is 0.142 e. The van der Waals surface area contributed by atoms with Crippen LogP contribution in [0.3, 0.4) is 0 Å². The highest BCUT2D eigenvalue weighted by molar-refractivity contribution is 5.39. The van der Waals surface area contributed by atoms with Gasteiger partial charge in [0.1, 0.15) is 11.6 Å². The number of halogens is 1. The molecule has 1 aromatic carbocycles. The van der Waals surface area contributed by atoms with Crippen molar-refractivity contribution in [3.05, 3.63) is 59.7 Å². The Morgan fingerprint density at radius 3 is 2.65 bits per heavy atom. The summed E-state index contributed by atoms with van der Waals surface area (Å²) in [6.07, 6.45) is 4.45. The molecule has 106 valence electrons. The van der Waals surface area contributed by atoms with Gasteiger partial charge in [0.05, 0.1) is 19.3 Å². The van der Waals surface area contributed by atoms with Gasteiger partial charge in [0.15, 0.2) is 0 Å². The van der Waals surface area contributed by atoms with E-state index in [1.54, 1.807) is 31.6 Å². The summed E-state index contributed by atoms with van der Waals surface area (Å²) in [4.78, 5) is 4.07. The lowest BCUT2D eigenvalue weighted by atomic mass is 9.98. The molecule has 0 saturated carbocycles. The summed E-state index contributed by atoms with van der Waals surface area (Å²) >= 11 is 0. The predicted octanol–water partition coefficient (Wildman–Crippen LogP) is 3.32. The predicted molar refractivity (Wildman–Crippen MR) is 77.3 cm³/mol. The van der Waals surface area contributed by atoms with Crippen LogP contribution in [0.25, 0.3) is 0 Å². The Bertz CT molecular complexity index is 542. The Kier molecular flexibility index (Phi) is 5.07. The van der Waals surface area contributed by atoms with Gasteiger partial charge in [-0.3, -0.25) is 4.98 Å². The number of aromatic nitrogens is 1. The van der Waals surface area contributed by atoms with Gasteiger partial charge in [0, 0.05) is 11.8 Å². The maximum absolute atomic E-state index is 13.1. The van der Waals surface area contributed by atoms with Crippen molar-refractivity contribution in [1.29, 1.82) is 0 Å². The highest BCUT2D eigenvalue weighted by Gasteiger charge is 2.17. The topological polar surface area (TPSA) is 34.2 Å². The van der Waals surface area contributed by atoms with Crippen LogP contribution >= 0.6 is 0 Å². The molecule has 0 aliphatic carbocycles. The van der Waals surface area contributed by atoms with Gasteiger partial charge >= 0.3 is 0 Å². The molecule has 4 heteroatoms. The Hall–Kier alpha value is -1.94. The van der Waals surface area contributed by atoms with Crippen LogP contribution in [0.15, 0.2) is 42.7 Å². The van der Waals surface area contributed by atoms with Crippen LogP contribution in [0.5, 0.6) is 5.75 Å². The molecule has 0 amide bonds. The largest absolute Gasteiger partial charge is 0.495 e. The molecule has 1 heterocycles. The molecule has 0 saturated heterocycles. The number of rotatable bonds is 6. The van der Waals surface area contributed by atoms with Crippen molar-refractivity contribution >= 4 is 0 Å². The molecule has 0 fully saturated rings. The first-order chi connectivity index (χ1) is 9.76.